The summed E-state index contributed by atoms with van der Waals surface area (Å²) in [6.07, 6.45) is 6.89. The van der Waals surface area contributed by atoms with Crippen LogP contribution in [0.2, 0.25) is 0 Å². The number of carbonyl (C=O) groups excluding carboxylic acids is 4. The van der Waals surface area contributed by atoms with Crippen molar-refractivity contribution in [3.05, 3.63) is 203 Å². The van der Waals surface area contributed by atoms with Crippen LogP contribution >= 0.6 is 0 Å². The summed E-state index contributed by atoms with van der Waals surface area (Å²) in [5.41, 5.74) is 3.16. The molecule has 6 aromatic rings. The van der Waals surface area contributed by atoms with Crippen molar-refractivity contribution in [2.45, 2.75) is 25.7 Å². The van der Waals surface area contributed by atoms with Gasteiger partial charge in [0.1, 0.15) is 0 Å². The van der Waals surface area contributed by atoms with Crippen molar-refractivity contribution in [1.29, 1.82) is 0 Å². The number of ketones is 2. The Bertz CT molecular complexity index is 1880. The van der Waals surface area contributed by atoms with Crippen LogP contribution in [-0.4, -0.2) is 56.9 Å². The van der Waals surface area contributed by atoms with Crippen molar-refractivity contribution in [3.63, 3.8) is 0 Å². The Morgan fingerprint density at radius 3 is 1.04 bits per heavy atom. The number of aliphatic hydroxyl groups is 2. The van der Waals surface area contributed by atoms with E-state index in [0.717, 1.165) is 37.1 Å². The molecule has 2 aromatic heterocycles. The molecule has 4 aromatic carbocycles. The van der Waals surface area contributed by atoms with Gasteiger partial charge in [0.15, 0.2) is 11.6 Å². The summed E-state index contributed by atoms with van der Waals surface area (Å²) in [7, 11) is 0. The normalized spacial score (nSPS) is 9.64. The Kier molecular flexibility index (Phi) is 21.1. The fraction of sp³-hybridized carbons (Fsp3) is 0.136. The van der Waals surface area contributed by atoms with Gasteiger partial charge in [0.2, 0.25) is 0 Å². The van der Waals surface area contributed by atoms with E-state index in [2.05, 4.69) is 9.97 Å². The Hall–Kier alpha value is -6.10. The van der Waals surface area contributed by atoms with Crippen LogP contribution < -0.4 is 10.2 Å². The first-order chi connectivity index (χ1) is 26.3. The van der Waals surface area contributed by atoms with E-state index in [1.165, 1.54) is 24.3 Å². The van der Waals surface area contributed by atoms with Gasteiger partial charge in [-0.1, -0.05) is 121 Å². The van der Waals surface area contributed by atoms with Gasteiger partial charge in [0.05, 0.1) is 11.9 Å². The first kappa shape index (κ1) is 45.1. The van der Waals surface area contributed by atoms with Crippen LogP contribution in [0, 0.1) is 0 Å². The van der Waals surface area contributed by atoms with Gasteiger partial charge in [-0.2, -0.15) is 0 Å². The van der Waals surface area contributed by atoms with E-state index in [4.69, 9.17) is 10.2 Å². The zero-order chi connectivity index (χ0) is 39.0. The smallest absolute Gasteiger partial charge is 0.545 e. The number of benzene rings is 4. The summed E-state index contributed by atoms with van der Waals surface area (Å²) in [4.78, 5) is 54.2. The van der Waals surface area contributed by atoms with Crippen LogP contribution in [0.3, 0.4) is 0 Å². The van der Waals surface area contributed by atoms with Crippen molar-refractivity contribution < 1.29 is 56.7 Å². The molecule has 10 nitrogen and oxygen atoms in total. The molecule has 0 unspecified atom stereocenters. The van der Waals surface area contributed by atoms with E-state index in [-0.39, 0.29) is 64.1 Å². The third kappa shape index (κ3) is 15.8. The molecule has 0 atom stereocenters. The number of aromatic carboxylic acids is 2. The third-order valence-corrected chi connectivity index (χ3v) is 7.49. The van der Waals surface area contributed by atoms with Gasteiger partial charge >= 0.3 is 17.1 Å². The van der Waals surface area contributed by atoms with Crippen molar-refractivity contribution in [3.8, 4) is 0 Å². The Labute approximate surface area is 330 Å². The van der Waals surface area contributed by atoms with Crippen LogP contribution in [0.15, 0.2) is 158 Å². The molecule has 0 saturated heterocycles. The maximum Gasteiger partial charge on any atom is 2.00 e. The standard InChI is InChI=1S/2C14H10O3.2C8H11NO.Cu/c2*15-13(10-6-2-1-3-7-10)11-8-4-5-9-12(11)14(16)17;2*10-7-3-5-8-4-1-2-6-9-8;/h2*1-9H,(H,16,17);2*1-2,4,6,10H,3,5,7H2;/q;;;;+2/p-2. The minimum atomic E-state index is -1.34. The topological polar surface area (TPSA) is 181 Å². The number of nitrogens with zero attached hydrogens (tertiary/aromatic N) is 2. The van der Waals surface area contributed by atoms with Gasteiger partial charge < -0.3 is 30.0 Å². The quantitative estimate of drug-likeness (QED) is 0.132. The molecule has 2 N–H and O–H groups in total. The first-order valence-corrected chi connectivity index (χ1v) is 17.1. The number of aryl methyl sites for hydroxylation is 2. The predicted octanol–water partition coefficient (Wildman–Crippen LogP) is 4.57. The second-order valence-corrected chi connectivity index (χ2v) is 11.4. The molecule has 0 bridgehead atoms. The van der Waals surface area contributed by atoms with Crippen LogP contribution in [-0.2, 0) is 29.9 Å². The van der Waals surface area contributed by atoms with Crippen LogP contribution in [0.25, 0.3) is 0 Å². The third-order valence-electron chi connectivity index (χ3n) is 7.49. The average molecular weight is 788 g/mol. The summed E-state index contributed by atoms with van der Waals surface area (Å²) < 4.78 is 0. The fourth-order valence-electron chi connectivity index (χ4n) is 4.82. The Morgan fingerprint density at radius 1 is 0.436 bits per heavy atom. The molecule has 0 amide bonds. The van der Waals surface area contributed by atoms with Crippen molar-refractivity contribution in [2.75, 3.05) is 13.2 Å². The molecule has 2 heterocycles. The maximum atomic E-state index is 12.1. The van der Waals surface area contributed by atoms with E-state index >= 15 is 0 Å². The van der Waals surface area contributed by atoms with Crippen molar-refractivity contribution in [1.82, 2.24) is 9.97 Å². The maximum absolute atomic E-state index is 12.1. The number of pyridine rings is 2. The molecule has 285 valence electrons. The minimum Gasteiger partial charge on any atom is -0.545 e. The number of aromatic nitrogens is 2. The van der Waals surface area contributed by atoms with Crippen molar-refractivity contribution in [2.24, 2.45) is 0 Å². The number of aliphatic hydroxyl groups excluding tert-OH is 2. The van der Waals surface area contributed by atoms with Crippen molar-refractivity contribution >= 4 is 23.5 Å². The molecule has 0 aliphatic heterocycles. The van der Waals surface area contributed by atoms with E-state index < -0.39 is 11.9 Å². The van der Waals surface area contributed by atoms with Gasteiger partial charge in [-0.15, -0.1) is 0 Å². The second kappa shape index (κ2) is 25.8. The summed E-state index contributed by atoms with van der Waals surface area (Å²) >= 11 is 0. The predicted molar refractivity (Wildman–Crippen MR) is 201 cm³/mol. The number of carboxylic acids is 2. The van der Waals surface area contributed by atoms with Gasteiger partial charge in [-0.3, -0.25) is 19.6 Å². The van der Waals surface area contributed by atoms with Crippen LogP contribution in [0.1, 0.15) is 76.8 Å². The molecule has 55 heavy (non-hydrogen) atoms. The number of hydrogen-bond donors (Lipinski definition) is 2. The van der Waals surface area contributed by atoms with Crippen LogP contribution in [0.4, 0.5) is 0 Å². The number of rotatable bonds is 12. The van der Waals surface area contributed by atoms with Gasteiger partial charge in [-0.25, -0.2) is 0 Å². The second-order valence-electron chi connectivity index (χ2n) is 11.4. The number of hydrogen-bond acceptors (Lipinski definition) is 10. The van der Waals surface area contributed by atoms with E-state index in [9.17, 15) is 29.4 Å². The molecule has 6 rings (SSSR count). The Balaban J connectivity index is 0.000000260. The molecular formula is C44H40CuN2O8. The van der Waals surface area contributed by atoms with Gasteiger partial charge in [-0.05, 0) is 49.9 Å². The van der Waals surface area contributed by atoms with Gasteiger partial charge in [0.25, 0.3) is 0 Å². The summed E-state index contributed by atoms with van der Waals surface area (Å²) in [6.45, 7) is 0.493. The SMILES string of the molecule is O=C([O-])c1ccccc1C(=O)c1ccccc1.O=C([O-])c1ccccc1C(=O)c1ccccc1.OCCCc1ccccn1.OCCCc1ccccn1.[Cu+2]. The molecule has 11 heteroatoms. The van der Waals surface area contributed by atoms with Crippen LogP contribution in [0.5, 0.6) is 0 Å². The number of carbonyl (C=O) groups is 4. The first-order valence-electron chi connectivity index (χ1n) is 17.1. The Morgan fingerprint density at radius 2 is 0.745 bits per heavy atom. The van der Waals surface area contributed by atoms with E-state index in [1.54, 1.807) is 97.3 Å². The van der Waals surface area contributed by atoms with E-state index in [1.807, 2.05) is 36.4 Å². The van der Waals surface area contributed by atoms with E-state index in [0.29, 0.717) is 11.1 Å². The summed E-state index contributed by atoms with van der Waals surface area (Å²) in [5, 5.41) is 38.8. The molecular weight excluding hydrogens is 748 g/mol. The number of carboxylic acid groups (broad SMARTS) is 2. The molecule has 0 aliphatic carbocycles. The monoisotopic (exact) mass is 787 g/mol. The minimum absolute atomic E-state index is 0. The summed E-state index contributed by atoms with van der Waals surface area (Å²) in [5.74, 6) is -3.31. The largest absolute Gasteiger partial charge is 2.00 e. The fourth-order valence-corrected chi connectivity index (χ4v) is 4.82. The average Bonchev–Trinajstić information content (AvgIpc) is 3.23. The van der Waals surface area contributed by atoms with Gasteiger partial charge in [0, 0.05) is 70.4 Å². The zero-order valence-corrected chi connectivity index (χ0v) is 30.7. The molecule has 1 radical (unpaired) electrons. The zero-order valence-electron chi connectivity index (χ0n) is 29.8. The molecule has 0 aliphatic rings. The summed E-state index contributed by atoms with van der Waals surface area (Å²) in [6, 6.07) is 40.8. The molecule has 0 saturated carbocycles. The molecule has 0 spiro atoms. The molecule has 0 fully saturated rings.